The summed E-state index contributed by atoms with van der Waals surface area (Å²) in [4.78, 5) is 32.1. The molecule has 5 N–H and O–H groups in total. The number of aromatic nitrogens is 5. The van der Waals surface area contributed by atoms with E-state index in [2.05, 4.69) is 57.4 Å². The molecule has 0 radical (unpaired) electrons. The van der Waals surface area contributed by atoms with E-state index in [0.717, 1.165) is 71.3 Å². The van der Waals surface area contributed by atoms with Crippen molar-refractivity contribution in [2.45, 2.75) is 38.1 Å². The molecule has 0 atom stereocenters. The minimum atomic E-state index is -5.08. The fourth-order valence-electron chi connectivity index (χ4n) is 6.23. The summed E-state index contributed by atoms with van der Waals surface area (Å²) in [6.45, 7) is 3.01. The summed E-state index contributed by atoms with van der Waals surface area (Å²) in [5, 5.41) is 21.9. The van der Waals surface area contributed by atoms with Crippen LogP contribution in [0.15, 0.2) is 89.7 Å². The molecular formula is C35H34F3N7O4. The van der Waals surface area contributed by atoms with Gasteiger partial charge in [0.2, 0.25) is 0 Å². The highest BCUT2D eigenvalue weighted by Crippen LogP contribution is 2.35. The number of aliphatic carboxylic acids is 1. The van der Waals surface area contributed by atoms with E-state index in [4.69, 9.17) is 20.6 Å². The SMILES string of the molecule is Nc1nn(CCO)c2nc(-c3ccc(CN4CCC(n5c(=O)[nH]c6ccccc65)CC4)cc3)c(-c3ccccc3)cc12.O=C(O)C(F)(F)F. The van der Waals surface area contributed by atoms with Crippen molar-refractivity contribution in [1.29, 1.82) is 0 Å². The van der Waals surface area contributed by atoms with Gasteiger partial charge in [0.1, 0.15) is 0 Å². The number of carboxylic acids is 1. The van der Waals surface area contributed by atoms with E-state index in [1.54, 1.807) is 4.68 Å². The second-order valence-electron chi connectivity index (χ2n) is 11.8. The Morgan fingerprint density at radius 1 is 0.959 bits per heavy atom. The molecule has 0 aliphatic carbocycles. The van der Waals surface area contributed by atoms with Gasteiger partial charge in [-0.2, -0.15) is 18.3 Å². The Kier molecular flexibility index (Phi) is 9.51. The molecular weight excluding hydrogens is 639 g/mol. The molecule has 0 amide bonds. The highest BCUT2D eigenvalue weighted by Gasteiger charge is 2.38. The number of aromatic amines is 1. The van der Waals surface area contributed by atoms with Gasteiger partial charge < -0.3 is 20.9 Å². The third-order valence-corrected chi connectivity index (χ3v) is 8.57. The number of likely N-dealkylation sites (tertiary alicyclic amines) is 1. The lowest BCUT2D eigenvalue weighted by atomic mass is 9.97. The minimum Gasteiger partial charge on any atom is -0.475 e. The van der Waals surface area contributed by atoms with Gasteiger partial charge in [-0.05, 0) is 42.2 Å². The maximum Gasteiger partial charge on any atom is 0.490 e. The molecule has 0 spiro atoms. The number of piperidine rings is 1. The first-order valence-corrected chi connectivity index (χ1v) is 15.7. The summed E-state index contributed by atoms with van der Waals surface area (Å²) >= 11 is 0. The quantitative estimate of drug-likeness (QED) is 0.174. The average molecular weight is 674 g/mol. The number of nitrogen functional groups attached to an aromatic ring is 1. The molecule has 254 valence electrons. The predicted molar refractivity (Wildman–Crippen MR) is 180 cm³/mol. The Morgan fingerprint density at radius 2 is 1.61 bits per heavy atom. The Bertz CT molecular complexity index is 2130. The number of rotatable bonds is 7. The molecule has 1 aliphatic heterocycles. The van der Waals surface area contributed by atoms with E-state index in [1.165, 1.54) is 5.56 Å². The number of alkyl halides is 3. The zero-order valence-electron chi connectivity index (χ0n) is 26.3. The van der Waals surface area contributed by atoms with Gasteiger partial charge in [-0.3, -0.25) is 9.47 Å². The number of fused-ring (bicyclic) bond motifs is 2. The fraction of sp³-hybridized carbons (Fsp3) is 0.257. The Labute approximate surface area is 278 Å². The molecule has 3 aromatic carbocycles. The van der Waals surface area contributed by atoms with Crippen molar-refractivity contribution >= 4 is 33.9 Å². The standard InChI is InChI=1S/C33H33N7O2.C2HF3O2/c34-31-27-20-26(23-6-2-1-3-7-23)30(36-32(27)39(37-31)18-19-41)24-12-10-22(11-13-24)21-38-16-14-25(15-17-38)40-29-9-5-4-8-28(29)35-33(40)42;3-2(4,5)1(6)7/h1-13,20,25,41H,14-19,21H2,(H2,34,37)(H,35,42);(H,6,7). The van der Waals surface area contributed by atoms with Gasteiger partial charge >= 0.3 is 17.8 Å². The molecule has 4 heterocycles. The number of aliphatic hydroxyl groups excluding tert-OH is 1. The van der Waals surface area contributed by atoms with Crippen molar-refractivity contribution in [3.8, 4) is 22.4 Å². The summed E-state index contributed by atoms with van der Waals surface area (Å²) in [5.74, 6) is -2.35. The van der Waals surface area contributed by atoms with E-state index >= 15 is 0 Å². The maximum absolute atomic E-state index is 12.7. The average Bonchev–Trinajstić information content (AvgIpc) is 3.59. The minimum absolute atomic E-state index is 0.0194. The maximum atomic E-state index is 12.7. The van der Waals surface area contributed by atoms with Crippen molar-refractivity contribution < 1.29 is 28.2 Å². The van der Waals surface area contributed by atoms with Gasteiger partial charge in [0.25, 0.3) is 0 Å². The molecule has 49 heavy (non-hydrogen) atoms. The number of hydrogen-bond acceptors (Lipinski definition) is 7. The normalized spacial score (nSPS) is 14.2. The Balaban J connectivity index is 0.000000540. The van der Waals surface area contributed by atoms with Crippen LogP contribution >= 0.6 is 0 Å². The van der Waals surface area contributed by atoms with E-state index < -0.39 is 12.1 Å². The summed E-state index contributed by atoms with van der Waals surface area (Å²) in [6.07, 6.45) is -3.20. The second-order valence-corrected chi connectivity index (χ2v) is 11.8. The number of para-hydroxylation sites is 2. The van der Waals surface area contributed by atoms with Crippen molar-refractivity contribution in [2.75, 3.05) is 25.4 Å². The van der Waals surface area contributed by atoms with Gasteiger partial charge in [0.15, 0.2) is 11.5 Å². The van der Waals surface area contributed by atoms with Crippen LogP contribution in [0.1, 0.15) is 24.4 Å². The first-order valence-electron chi connectivity index (χ1n) is 15.7. The van der Waals surface area contributed by atoms with Crippen LogP contribution in [0, 0.1) is 0 Å². The van der Waals surface area contributed by atoms with Gasteiger partial charge in [-0.25, -0.2) is 19.3 Å². The first kappa shape index (κ1) is 33.4. The molecule has 1 fully saturated rings. The molecule has 6 aromatic rings. The third-order valence-electron chi connectivity index (χ3n) is 8.57. The Hall–Kier alpha value is -5.47. The number of nitrogens with zero attached hydrogens (tertiary/aromatic N) is 5. The van der Waals surface area contributed by atoms with Crippen LogP contribution in [0.25, 0.3) is 44.5 Å². The molecule has 0 saturated carbocycles. The molecule has 0 bridgehead atoms. The highest BCUT2D eigenvalue weighted by molar-refractivity contribution is 5.95. The number of aliphatic hydroxyl groups is 1. The lowest BCUT2D eigenvalue weighted by molar-refractivity contribution is -0.192. The van der Waals surface area contributed by atoms with Crippen LogP contribution in [0.4, 0.5) is 19.0 Å². The van der Waals surface area contributed by atoms with Crippen molar-refractivity contribution in [3.05, 3.63) is 101 Å². The van der Waals surface area contributed by atoms with E-state index in [9.17, 15) is 23.1 Å². The topological polar surface area (TPSA) is 155 Å². The smallest absolute Gasteiger partial charge is 0.475 e. The summed E-state index contributed by atoms with van der Waals surface area (Å²) in [6, 6.07) is 29.0. The van der Waals surface area contributed by atoms with Crippen molar-refractivity contribution in [1.82, 2.24) is 29.2 Å². The fourth-order valence-corrected chi connectivity index (χ4v) is 6.23. The highest BCUT2D eigenvalue weighted by atomic mass is 19.4. The van der Waals surface area contributed by atoms with Gasteiger partial charge in [-0.1, -0.05) is 66.7 Å². The van der Waals surface area contributed by atoms with Crippen molar-refractivity contribution in [3.63, 3.8) is 0 Å². The van der Waals surface area contributed by atoms with Crippen LogP contribution in [0.2, 0.25) is 0 Å². The molecule has 1 saturated heterocycles. The lowest BCUT2D eigenvalue weighted by Gasteiger charge is -2.32. The van der Waals surface area contributed by atoms with Gasteiger partial charge in [0.05, 0.1) is 35.3 Å². The zero-order chi connectivity index (χ0) is 34.7. The van der Waals surface area contributed by atoms with E-state index in [-0.39, 0.29) is 18.3 Å². The second kappa shape index (κ2) is 13.9. The molecule has 0 unspecified atom stereocenters. The number of hydrogen-bond donors (Lipinski definition) is 4. The lowest BCUT2D eigenvalue weighted by Crippen LogP contribution is -2.36. The Morgan fingerprint density at radius 3 is 2.27 bits per heavy atom. The monoisotopic (exact) mass is 673 g/mol. The number of pyridine rings is 1. The van der Waals surface area contributed by atoms with Crippen LogP contribution < -0.4 is 11.4 Å². The zero-order valence-corrected chi connectivity index (χ0v) is 26.3. The van der Waals surface area contributed by atoms with E-state index in [0.29, 0.717) is 18.0 Å². The largest absolute Gasteiger partial charge is 0.490 e. The van der Waals surface area contributed by atoms with Crippen LogP contribution in [-0.2, 0) is 17.9 Å². The van der Waals surface area contributed by atoms with E-state index in [1.807, 2.05) is 47.0 Å². The number of nitrogens with one attached hydrogen (secondary N) is 1. The number of carboxylic acid groups (broad SMARTS) is 1. The van der Waals surface area contributed by atoms with Gasteiger partial charge in [-0.15, -0.1) is 0 Å². The number of halogens is 3. The van der Waals surface area contributed by atoms with Crippen LogP contribution in [-0.4, -0.2) is 71.3 Å². The van der Waals surface area contributed by atoms with Crippen LogP contribution in [0.3, 0.4) is 0 Å². The number of nitrogens with two attached hydrogens (primary N) is 1. The number of anilines is 1. The summed E-state index contributed by atoms with van der Waals surface area (Å²) < 4.78 is 35.3. The number of carbonyl (C=O) groups is 1. The molecule has 3 aromatic heterocycles. The van der Waals surface area contributed by atoms with Crippen LogP contribution in [0.5, 0.6) is 0 Å². The summed E-state index contributed by atoms with van der Waals surface area (Å²) in [5.41, 5.74) is 13.9. The molecule has 7 rings (SSSR count). The molecule has 11 nitrogen and oxygen atoms in total. The predicted octanol–water partition coefficient (Wildman–Crippen LogP) is 5.45. The summed E-state index contributed by atoms with van der Waals surface area (Å²) in [7, 11) is 0. The van der Waals surface area contributed by atoms with Gasteiger partial charge in [0, 0.05) is 36.8 Å². The van der Waals surface area contributed by atoms with Crippen molar-refractivity contribution in [2.24, 2.45) is 0 Å². The molecule has 1 aliphatic rings. The third kappa shape index (κ3) is 7.20. The number of imidazole rings is 1. The molecule has 14 heteroatoms. The number of benzene rings is 3. The number of H-pyrrole nitrogens is 1. The first-order chi connectivity index (χ1) is 23.5.